The first kappa shape index (κ1) is 22.6. The predicted octanol–water partition coefficient (Wildman–Crippen LogP) is 4.40. The lowest BCUT2D eigenvalue weighted by atomic mass is 10.1. The fourth-order valence-corrected chi connectivity index (χ4v) is 2.84. The van der Waals surface area contributed by atoms with E-state index in [0.717, 1.165) is 11.1 Å². The van der Waals surface area contributed by atoms with Gasteiger partial charge >= 0.3 is 0 Å². The lowest BCUT2D eigenvalue weighted by Crippen LogP contribution is -2.33. The van der Waals surface area contributed by atoms with Gasteiger partial charge in [-0.1, -0.05) is 31.2 Å². The Hall–Kier alpha value is -2.70. The second-order valence-corrected chi connectivity index (χ2v) is 6.27. The first-order valence-electron chi connectivity index (χ1n) is 9.60. The topological polar surface area (TPSA) is 66.4 Å². The Balaban J connectivity index is 2.12. The molecule has 2 atom stereocenters. The third kappa shape index (κ3) is 6.14. The maximum atomic E-state index is 9.97. The molecule has 0 spiro atoms. The molecule has 0 saturated carbocycles. The highest BCUT2D eigenvalue weighted by Crippen LogP contribution is 2.38. The molecule has 0 aromatic heterocycles. The number of hydrogen-bond donors (Lipinski definition) is 1. The lowest BCUT2D eigenvalue weighted by Gasteiger charge is -2.22. The lowest BCUT2D eigenvalue weighted by molar-refractivity contribution is -0.151. The number of aliphatic hydroxyl groups excluding tert-OH is 1. The van der Waals surface area contributed by atoms with E-state index in [1.807, 2.05) is 62.4 Å². The Morgan fingerprint density at radius 2 is 1.45 bits per heavy atom. The monoisotopic (exact) mass is 402 g/mol. The van der Waals surface area contributed by atoms with Crippen LogP contribution >= 0.6 is 0 Å². The van der Waals surface area contributed by atoms with Crippen molar-refractivity contribution in [1.82, 2.24) is 0 Å². The van der Waals surface area contributed by atoms with Gasteiger partial charge < -0.3 is 28.8 Å². The SMILES string of the molecule is CCOC(O)C(CC)Oc1ccc(/C=C/c2cc(OC)c(OC)c(OC)c2)cc1. The molecule has 0 aliphatic carbocycles. The number of methoxy groups -OCH3 is 3. The van der Waals surface area contributed by atoms with Crippen molar-refractivity contribution in [2.45, 2.75) is 32.7 Å². The summed E-state index contributed by atoms with van der Waals surface area (Å²) < 4.78 is 27.2. The Kier molecular flexibility index (Phi) is 8.83. The summed E-state index contributed by atoms with van der Waals surface area (Å²) >= 11 is 0. The van der Waals surface area contributed by atoms with Gasteiger partial charge in [-0.2, -0.15) is 0 Å². The van der Waals surface area contributed by atoms with Crippen LogP contribution in [0.1, 0.15) is 31.4 Å². The van der Waals surface area contributed by atoms with Gasteiger partial charge in [0.05, 0.1) is 21.3 Å². The number of ether oxygens (including phenoxy) is 5. The van der Waals surface area contributed by atoms with Gasteiger partial charge in [0.2, 0.25) is 5.75 Å². The van der Waals surface area contributed by atoms with E-state index in [-0.39, 0.29) is 0 Å². The molecule has 2 aromatic rings. The Morgan fingerprint density at radius 3 is 1.93 bits per heavy atom. The molecule has 6 nitrogen and oxygen atoms in total. The molecule has 0 fully saturated rings. The standard InChI is InChI=1S/C23H30O6/c1-6-19(23(24)28-7-2)29-18-12-10-16(11-13-18)8-9-17-14-20(25-3)22(27-5)21(15-17)26-4/h8-15,19,23-24H,6-7H2,1-5H3/b9-8+. The van der Waals surface area contributed by atoms with Gasteiger partial charge in [-0.15, -0.1) is 0 Å². The average molecular weight is 402 g/mol. The highest BCUT2D eigenvalue weighted by molar-refractivity contribution is 5.72. The zero-order valence-electron chi connectivity index (χ0n) is 17.7. The molecule has 0 heterocycles. The molecule has 0 aliphatic rings. The van der Waals surface area contributed by atoms with Crippen LogP contribution in [-0.4, -0.2) is 45.4 Å². The van der Waals surface area contributed by atoms with Crippen LogP contribution in [0.15, 0.2) is 36.4 Å². The van der Waals surface area contributed by atoms with E-state index in [9.17, 15) is 5.11 Å². The molecule has 0 bridgehead atoms. The number of rotatable bonds is 11. The normalized spacial score (nSPS) is 13.2. The van der Waals surface area contributed by atoms with E-state index in [1.165, 1.54) is 0 Å². The Morgan fingerprint density at radius 1 is 0.862 bits per heavy atom. The number of aliphatic hydroxyl groups is 1. The molecular formula is C23H30O6. The molecule has 2 unspecified atom stereocenters. The largest absolute Gasteiger partial charge is 0.493 e. The van der Waals surface area contributed by atoms with E-state index in [0.29, 0.717) is 36.0 Å². The first-order valence-corrected chi connectivity index (χ1v) is 9.60. The second-order valence-electron chi connectivity index (χ2n) is 6.27. The molecule has 6 heteroatoms. The van der Waals surface area contributed by atoms with Crippen molar-refractivity contribution in [1.29, 1.82) is 0 Å². The fraction of sp³-hybridized carbons (Fsp3) is 0.391. The van der Waals surface area contributed by atoms with E-state index in [2.05, 4.69) is 0 Å². The summed E-state index contributed by atoms with van der Waals surface area (Å²) in [5.74, 6) is 2.45. The molecule has 2 rings (SSSR count). The summed E-state index contributed by atoms with van der Waals surface area (Å²) in [5, 5.41) is 9.97. The number of hydrogen-bond acceptors (Lipinski definition) is 6. The van der Waals surface area contributed by atoms with Crippen molar-refractivity contribution in [2.75, 3.05) is 27.9 Å². The van der Waals surface area contributed by atoms with Crippen LogP contribution in [0, 0.1) is 0 Å². The molecule has 2 aromatic carbocycles. The number of benzene rings is 2. The van der Waals surface area contributed by atoms with Gasteiger partial charge in [0.15, 0.2) is 17.8 Å². The molecular weight excluding hydrogens is 372 g/mol. The van der Waals surface area contributed by atoms with Crippen molar-refractivity contribution in [3.63, 3.8) is 0 Å². The van der Waals surface area contributed by atoms with Crippen LogP contribution in [0.3, 0.4) is 0 Å². The van der Waals surface area contributed by atoms with E-state index in [4.69, 9.17) is 23.7 Å². The maximum Gasteiger partial charge on any atom is 0.203 e. The second kappa shape index (κ2) is 11.3. The fourth-order valence-electron chi connectivity index (χ4n) is 2.84. The zero-order chi connectivity index (χ0) is 21.2. The minimum absolute atomic E-state index is 0.407. The van der Waals surface area contributed by atoms with Crippen molar-refractivity contribution in [2.24, 2.45) is 0 Å². The van der Waals surface area contributed by atoms with Gasteiger partial charge in [0, 0.05) is 6.61 Å². The zero-order valence-corrected chi connectivity index (χ0v) is 17.7. The van der Waals surface area contributed by atoms with E-state index >= 15 is 0 Å². The van der Waals surface area contributed by atoms with Crippen LogP contribution in [0.2, 0.25) is 0 Å². The first-order chi connectivity index (χ1) is 14.1. The van der Waals surface area contributed by atoms with Gasteiger partial charge in [0.25, 0.3) is 0 Å². The maximum absolute atomic E-state index is 9.97. The van der Waals surface area contributed by atoms with Gasteiger partial charge in [-0.25, -0.2) is 0 Å². The van der Waals surface area contributed by atoms with Gasteiger partial charge in [0.1, 0.15) is 11.9 Å². The van der Waals surface area contributed by atoms with Crippen LogP contribution in [0.5, 0.6) is 23.0 Å². The minimum atomic E-state index is -0.940. The third-order valence-electron chi connectivity index (χ3n) is 4.38. The Labute approximate surface area is 172 Å². The molecule has 0 amide bonds. The molecule has 0 saturated heterocycles. The molecule has 158 valence electrons. The van der Waals surface area contributed by atoms with Crippen LogP contribution in [0.25, 0.3) is 12.2 Å². The highest BCUT2D eigenvalue weighted by Gasteiger charge is 2.19. The molecule has 1 N–H and O–H groups in total. The Bertz CT molecular complexity index is 759. The third-order valence-corrected chi connectivity index (χ3v) is 4.38. The van der Waals surface area contributed by atoms with Gasteiger partial charge in [-0.3, -0.25) is 0 Å². The summed E-state index contributed by atoms with van der Waals surface area (Å²) in [7, 11) is 4.76. The van der Waals surface area contributed by atoms with Crippen molar-refractivity contribution in [3.8, 4) is 23.0 Å². The van der Waals surface area contributed by atoms with Crippen molar-refractivity contribution < 1.29 is 28.8 Å². The molecule has 29 heavy (non-hydrogen) atoms. The smallest absolute Gasteiger partial charge is 0.203 e. The summed E-state index contributed by atoms with van der Waals surface area (Å²) in [4.78, 5) is 0. The van der Waals surface area contributed by atoms with Crippen LogP contribution in [-0.2, 0) is 4.74 Å². The summed E-state index contributed by atoms with van der Waals surface area (Å²) in [5.41, 5.74) is 1.93. The van der Waals surface area contributed by atoms with Crippen LogP contribution < -0.4 is 18.9 Å². The molecule has 0 radical (unpaired) electrons. The van der Waals surface area contributed by atoms with E-state index < -0.39 is 12.4 Å². The van der Waals surface area contributed by atoms with Crippen LogP contribution in [0.4, 0.5) is 0 Å². The summed E-state index contributed by atoms with van der Waals surface area (Å²) in [6.45, 7) is 4.22. The highest BCUT2D eigenvalue weighted by atomic mass is 16.6. The quantitative estimate of drug-likeness (QED) is 0.444. The predicted molar refractivity (Wildman–Crippen MR) is 114 cm³/mol. The van der Waals surface area contributed by atoms with Crippen molar-refractivity contribution in [3.05, 3.63) is 47.5 Å². The summed E-state index contributed by atoms with van der Waals surface area (Å²) in [6, 6.07) is 11.4. The minimum Gasteiger partial charge on any atom is -0.493 e. The summed E-state index contributed by atoms with van der Waals surface area (Å²) in [6.07, 6.45) is 3.25. The van der Waals surface area contributed by atoms with Gasteiger partial charge in [-0.05, 0) is 48.7 Å². The average Bonchev–Trinajstić information content (AvgIpc) is 2.75. The molecule has 0 aliphatic heterocycles. The van der Waals surface area contributed by atoms with Crippen molar-refractivity contribution >= 4 is 12.2 Å². The van der Waals surface area contributed by atoms with E-state index in [1.54, 1.807) is 21.3 Å².